The molecule has 0 saturated heterocycles. The molecule has 0 aliphatic rings. The summed E-state index contributed by atoms with van der Waals surface area (Å²) in [5.74, 6) is 1.50. The van der Waals surface area contributed by atoms with Crippen molar-refractivity contribution in [3.8, 4) is 17.6 Å². The Labute approximate surface area is 121 Å². The average Bonchev–Trinajstić information content (AvgIpc) is 2.34. The third-order valence-corrected chi connectivity index (χ3v) is 3.45. The Morgan fingerprint density at radius 3 is 2.47 bits per heavy atom. The summed E-state index contributed by atoms with van der Waals surface area (Å²) in [5, 5.41) is 8.97. The zero-order valence-electron chi connectivity index (χ0n) is 11.1. The molecule has 0 spiro atoms. The van der Waals surface area contributed by atoms with E-state index in [4.69, 9.17) is 10.00 Å². The summed E-state index contributed by atoms with van der Waals surface area (Å²) in [6.07, 6.45) is 0. The second-order valence-electron chi connectivity index (χ2n) is 4.59. The summed E-state index contributed by atoms with van der Waals surface area (Å²) in [7, 11) is 0. The number of nitrogens with zero attached hydrogens (tertiary/aromatic N) is 1. The molecule has 0 amide bonds. The van der Waals surface area contributed by atoms with Gasteiger partial charge >= 0.3 is 0 Å². The predicted octanol–water partition coefficient (Wildman–Crippen LogP) is 5.04. The van der Waals surface area contributed by atoms with Crippen molar-refractivity contribution in [1.82, 2.24) is 0 Å². The fraction of sp³-hybridized carbons (Fsp3) is 0.188. The summed E-state index contributed by atoms with van der Waals surface area (Å²) in [4.78, 5) is 0. The zero-order valence-corrected chi connectivity index (χ0v) is 12.7. The molecule has 2 rings (SSSR count). The molecule has 96 valence electrons. The van der Waals surface area contributed by atoms with Gasteiger partial charge in [0.05, 0.1) is 11.6 Å². The molecule has 0 radical (unpaired) electrons. The van der Waals surface area contributed by atoms with Crippen LogP contribution in [0.15, 0.2) is 34.8 Å². The second-order valence-corrected chi connectivity index (χ2v) is 5.51. The SMILES string of the molecule is Cc1cc(C)c(C)c(Oc2cc(Br)cc(C#N)c2)c1. The van der Waals surface area contributed by atoms with Crippen LogP contribution in [0.5, 0.6) is 11.5 Å². The van der Waals surface area contributed by atoms with Crippen LogP contribution >= 0.6 is 15.9 Å². The van der Waals surface area contributed by atoms with Gasteiger partial charge in [0.2, 0.25) is 0 Å². The zero-order chi connectivity index (χ0) is 14.0. The van der Waals surface area contributed by atoms with Gasteiger partial charge in [-0.3, -0.25) is 0 Å². The van der Waals surface area contributed by atoms with Gasteiger partial charge in [-0.25, -0.2) is 0 Å². The number of rotatable bonds is 2. The lowest BCUT2D eigenvalue weighted by Crippen LogP contribution is -1.92. The van der Waals surface area contributed by atoms with Gasteiger partial charge in [-0.2, -0.15) is 5.26 Å². The average molecular weight is 316 g/mol. The Morgan fingerprint density at radius 1 is 1.05 bits per heavy atom. The summed E-state index contributed by atoms with van der Waals surface area (Å²) >= 11 is 3.38. The lowest BCUT2D eigenvalue weighted by Gasteiger charge is -2.12. The van der Waals surface area contributed by atoms with Crippen molar-refractivity contribution in [3.05, 3.63) is 57.1 Å². The third-order valence-electron chi connectivity index (χ3n) is 2.99. The largest absolute Gasteiger partial charge is 0.457 e. The molecular weight excluding hydrogens is 302 g/mol. The van der Waals surface area contributed by atoms with E-state index in [-0.39, 0.29) is 0 Å². The lowest BCUT2D eigenvalue weighted by molar-refractivity contribution is 0.477. The molecule has 0 heterocycles. The Hall–Kier alpha value is -1.79. The van der Waals surface area contributed by atoms with Crippen LogP contribution in [0.3, 0.4) is 0 Å². The van der Waals surface area contributed by atoms with E-state index in [0.717, 1.165) is 21.3 Å². The van der Waals surface area contributed by atoms with E-state index < -0.39 is 0 Å². The molecule has 0 unspecified atom stereocenters. The first-order valence-electron chi connectivity index (χ1n) is 5.96. The Kier molecular flexibility index (Phi) is 3.92. The summed E-state index contributed by atoms with van der Waals surface area (Å²) < 4.78 is 6.75. The van der Waals surface area contributed by atoms with Crippen LogP contribution in [0.2, 0.25) is 0 Å². The highest BCUT2D eigenvalue weighted by Crippen LogP contribution is 2.30. The van der Waals surface area contributed by atoms with E-state index in [9.17, 15) is 0 Å². The van der Waals surface area contributed by atoms with E-state index >= 15 is 0 Å². The normalized spacial score (nSPS) is 10.1. The number of aryl methyl sites for hydroxylation is 2. The van der Waals surface area contributed by atoms with Crippen molar-refractivity contribution in [2.24, 2.45) is 0 Å². The molecular formula is C16H14BrNO. The maximum absolute atomic E-state index is 8.97. The molecule has 19 heavy (non-hydrogen) atoms. The van der Waals surface area contributed by atoms with Gasteiger partial charge in [0.25, 0.3) is 0 Å². The van der Waals surface area contributed by atoms with Crippen molar-refractivity contribution < 1.29 is 4.74 Å². The summed E-state index contributed by atoms with van der Waals surface area (Å²) in [6, 6.07) is 11.6. The topological polar surface area (TPSA) is 33.0 Å². The van der Waals surface area contributed by atoms with Gasteiger partial charge in [-0.1, -0.05) is 22.0 Å². The maximum Gasteiger partial charge on any atom is 0.130 e. The molecule has 2 aromatic rings. The second kappa shape index (κ2) is 5.46. The van der Waals surface area contributed by atoms with Crippen molar-refractivity contribution in [1.29, 1.82) is 5.26 Å². The molecule has 3 heteroatoms. The molecule has 2 nitrogen and oxygen atoms in total. The molecule has 0 aliphatic heterocycles. The van der Waals surface area contributed by atoms with E-state index in [1.54, 1.807) is 12.1 Å². The van der Waals surface area contributed by atoms with Gasteiger partial charge in [-0.15, -0.1) is 0 Å². The first-order valence-corrected chi connectivity index (χ1v) is 6.75. The quantitative estimate of drug-likeness (QED) is 0.778. The van der Waals surface area contributed by atoms with Crippen LogP contribution in [0.25, 0.3) is 0 Å². The number of ether oxygens (including phenoxy) is 1. The van der Waals surface area contributed by atoms with Gasteiger partial charge in [0, 0.05) is 4.47 Å². The predicted molar refractivity (Wildman–Crippen MR) is 79.6 cm³/mol. The lowest BCUT2D eigenvalue weighted by atomic mass is 10.1. The summed E-state index contributed by atoms with van der Waals surface area (Å²) in [5.41, 5.74) is 4.05. The Morgan fingerprint density at radius 2 is 1.79 bits per heavy atom. The molecule has 2 aromatic carbocycles. The number of hydrogen-bond donors (Lipinski definition) is 0. The van der Waals surface area contributed by atoms with Gasteiger partial charge in [0.1, 0.15) is 11.5 Å². The molecule has 0 aliphatic carbocycles. The van der Waals surface area contributed by atoms with Gasteiger partial charge < -0.3 is 4.74 Å². The minimum absolute atomic E-state index is 0.575. The molecule has 0 aromatic heterocycles. The van der Waals surface area contributed by atoms with Crippen LogP contribution in [0.4, 0.5) is 0 Å². The van der Waals surface area contributed by atoms with Crippen LogP contribution in [0, 0.1) is 32.1 Å². The summed E-state index contributed by atoms with van der Waals surface area (Å²) in [6.45, 7) is 6.14. The molecule has 0 fully saturated rings. The van der Waals surface area contributed by atoms with Crippen molar-refractivity contribution >= 4 is 15.9 Å². The molecule has 0 bridgehead atoms. The monoisotopic (exact) mass is 315 g/mol. The molecule has 0 atom stereocenters. The number of benzene rings is 2. The standard InChI is InChI=1S/C16H14BrNO/c1-10-4-11(2)12(3)16(5-10)19-15-7-13(9-18)6-14(17)8-15/h4-8H,1-3H3. The van der Waals surface area contributed by atoms with Gasteiger partial charge in [-0.05, 0) is 61.7 Å². The Bertz CT molecular complexity index is 671. The van der Waals surface area contributed by atoms with Crippen LogP contribution in [-0.2, 0) is 0 Å². The minimum Gasteiger partial charge on any atom is -0.457 e. The Balaban J connectivity index is 2.42. The van der Waals surface area contributed by atoms with Crippen molar-refractivity contribution in [2.75, 3.05) is 0 Å². The highest BCUT2D eigenvalue weighted by atomic mass is 79.9. The van der Waals surface area contributed by atoms with E-state index in [0.29, 0.717) is 11.3 Å². The molecule has 0 saturated carbocycles. The van der Waals surface area contributed by atoms with Crippen LogP contribution in [0.1, 0.15) is 22.3 Å². The fourth-order valence-corrected chi connectivity index (χ4v) is 2.39. The number of nitriles is 1. The maximum atomic E-state index is 8.97. The first kappa shape index (κ1) is 13.6. The highest BCUT2D eigenvalue weighted by molar-refractivity contribution is 9.10. The number of halogens is 1. The van der Waals surface area contributed by atoms with Crippen LogP contribution < -0.4 is 4.74 Å². The van der Waals surface area contributed by atoms with E-state index in [1.165, 1.54) is 5.56 Å². The number of hydrogen-bond acceptors (Lipinski definition) is 2. The van der Waals surface area contributed by atoms with E-state index in [1.807, 2.05) is 26.0 Å². The van der Waals surface area contributed by atoms with E-state index in [2.05, 4.69) is 35.0 Å². The highest BCUT2D eigenvalue weighted by Gasteiger charge is 2.07. The third kappa shape index (κ3) is 3.15. The first-order chi connectivity index (χ1) is 8.99. The van der Waals surface area contributed by atoms with Gasteiger partial charge in [0.15, 0.2) is 0 Å². The fourth-order valence-electron chi connectivity index (χ4n) is 1.92. The van der Waals surface area contributed by atoms with Crippen molar-refractivity contribution in [2.45, 2.75) is 20.8 Å². The minimum atomic E-state index is 0.575. The smallest absolute Gasteiger partial charge is 0.130 e. The van der Waals surface area contributed by atoms with Crippen LogP contribution in [-0.4, -0.2) is 0 Å². The molecule has 0 N–H and O–H groups in total. The van der Waals surface area contributed by atoms with Crippen molar-refractivity contribution in [3.63, 3.8) is 0 Å².